The summed E-state index contributed by atoms with van der Waals surface area (Å²) in [5, 5.41) is 3.45. The molecule has 26 heavy (non-hydrogen) atoms. The molecule has 5 aliphatic carbocycles. The number of ether oxygens (including phenoxy) is 1. The van der Waals surface area contributed by atoms with Gasteiger partial charge >= 0.3 is 5.97 Å². The quantitative estimate of drug-likeness (QED) is 0.846. The van der Waals surface area contributed by atoms with Gasteiger partial charge in [-0.1, -0.05) is 30.3 Å². The van der Waals surface area contributed by atoms with Crippen LogP contribution in [0.15, 0.2) is 30.3 Å². The molecule has 0 radical (unpaired) electrons. The Morgan fingerprint density at radius 3 is 2.27 bits per heavy atom. The zero-order chi connectivity index (χ0) is 17.9. The number of carbonyl (C=O) groups excluding carboxylic acids is 2. The van der Waals surface area contributed by atoms with E-state index in [0.29, 0.717) is 17.8 Å². The van der Waals surface area contributed by atoms with E-state index in [9.17, 15) is 9.59 Å². The summed E-state index contributed by atoms with van der Waals surface area (Å²) >= 11 is 0. The summed E-state index contributed by atoms with van der Waals surface area (Å²) in [6.07, 6.45) is 6.95. The van der Waals surface area contributed by atoms with Crippen LogP contribution in [0.4, 0.5) is 0 Å². The van der Waals surface area contributed by atoms with E-state index in [2.05, 4.69) is 17.4 Å². The fourth-order valence-electron chi connectivity index (χ4n) is 6.55. The number of hydrogen-bond donors (Lipinski definition) is 1. The second kappa shape index (κ2) is 5.58. The van der Waals surface area contributed by atoms with Gasteiger partial charge in [-0.15, -0.1) is 0 Å². The molecule has 5 aliphatic rings. The molecule has 5 saturated carbocycles. The zero-order valence-electron chi connectivity index (χ0n) is 15.4. The number of amides is 1. The molecule has 4 nitrogen and oxygen atoms in total. The van der Waals surface area contributed by atoms with Gasteiger partial charge in [-0.2, -0.15) is 0 Å². The average molecular weight is 353 g/mol. The predicted molar refractivity (Wildman–Crippen MR) is 97.3 cm³/mol. The first kappa shape index (κ1) is 16.3. The van der Waals surface area contributed by atoms with Crippen LogP contribution in [0.2, 0.25) is 0 Å². The largest absolute Gasteiger partial charge is 0.469 e. The molecule has 4 bridgehead atoms. The highest BCUT2D eigenvalue weighted by molar-refractivity contribution is 5.91. The van der Waals surface area contributed by atoms with Crippen LogP contribution in [0.5, 0.6) is 0 Å². The minimum atomic E-state index is -0.310. The van der Waals surface area contributed by atoms with E-state index in [0.717, 1.165) is 50.5 Å². The van der Waals surface area contributed by atoms with E-state index in [-0.39, 0.29) is 28.7 Å². The molecule has 2 atom stereocenters. The molecule has 1 amide bonds. The lowest BCUT2D eigenvalue weighted by molar-refractivity contribution is -0.171. The maximum atomic E-state index is 13.2. The van der Waals surface area contributed by atoms with Crippen molar-refractivity contribution in [1.29, 1.82) is 0 Å². The molecule has 1 aromatic carbocycles. The lowest BCUT2D eigenvalue weighted by Gasteiger charge is -2.58. The molecular weight excluding hydrogens is 326 g/mol. The van der Waals surface area contributed by atoms with Crippen molar-refractivity contribution >= 4 is 11.9 Å². The van der Waals surface area contributed by atoms with Crippen LogP contribution in [0.25, 0.3) is 0 Å². The fourth-order valence-corrected chi connectivity index (χ4v) is 6.55. The predicted octanol–water partition coefficient (Wildman–Crippen LogP) is 3.20. The van der Waals surface area contributed by atoms with E-state index in [4.69, 9.17) is 4.74 Å². The highest BCUT2D eigenvalue weighted by Gasteiger charge is 2.60. The van der Waals surface area contributed by atoms with Gasteiger partial charge in [0.05, 0.1) is 17.9 Å². The lowest BCUT2D eigenvalue weighted by atomic mass is 9.48. The average Bonchev–Trinajstić information content (AvgIpc) is 3.46. The summed E-state index contributed by atoms with van der Waals surface area (Å²) < 4.78 is 5.15. The van der Waals surface area contributed by atoms with Crippen LogP contribution in [-0.4, -0.2) is 25.0 Å². The molecule has 1 aromatic rings. The minimum absolute atomic E-state index is 0.0235. The summed E-state index contributed by atoms with van der Waals surface area (Å²) in [5.41, 5.74) is 0.562. The number of esters is 1. The number of carbonyl (C=O) groups is 2. The standard InChI is InChI=1S/C22H27NO3/c1-26-20(25)21-11-14-9-15(12-21)18(16(10-14)13-21)23-19(24)22(7-8-22)17-5-3-2-4-6-17/h2-6,14-16,18H,7-13H2,1H3,(H,23,24). The Labute approximate surface area is 154 Å². The van der Waals surface area contributed by atoms with Crippen molar-refractivity contribution in [2.45, 2.75) is 56.4 Å². The molecule has 5 fully saturated rings. The Morgan fingerprint density at radius 1 is 1.04 bits per heavy atom. The van der Waals surface area contributed by atoms with E-state index in [1.807, 2.05) is 18.2 Å². The summed E-state index contributed by atoms with van der Waals surface area (Å²) in [5.74, 6) is 1.66. The minimum Gasteiger partial charge on any atom is -0.469 e. The van der Waals surface area contributed by atoms with Crippen molar-refractivity contribution in [2.24, 2.45) is 23.2 Å². The van der Waals surface area contributed by atoms with Crippen LogP contribution >= 0.6 is 0 Å². The van der Waals surface area contributed by atoms with Gasteiger partial charge in [-0.25, -0.2) is 0 Å². The number of benzene rings is 1. The van der Waals surface area contributed by atoms with Gasteiger partial charge < -0.3 is 10.1 Å². The first-order chi connectivity index (χ1) is 12.6. The summed E-state index contributed by atoms with van der Waals surface area (Å²) in [4.78, 5) is 25.6. The van der Waals surface area contributed by atoms with Gasteiger partial charge in [-0.3, -0.25) is 9.59 Å². The highest BCUT2D eigenvalue weighted by Crippen LogP contribution is 2.60. The van der Waals surface area contributed by atoms with Crippen molar-refractivity contribution < 1.29 is 14.3 Å². The second-order valence-corrected chi connectivity index (χ2v) is 9.19. The maximum absolute atomic E-state index is 13.2. The van der Waals surface area contributed by atoms with Crippen LogP contribution in [0.3, 0.4) is 0 Å². The Bertz CT molecular complexity index is 723. The number of methoxy groups -OCH3 is 1. The van der Waals surface area contributed by atoms with Crippen molar-refractivity contribution in [2.75, 3.05) is 7.11 Å². The van der Waals surface area contributed by atoms with E-state index < -0.39 is 0 Å². The van der Waals surface area contributed by atoms with Gasteiger partial charge in [-0.05, 0) is 68.3 Å². The summed E-state index contributed by atoms with van der Waals surface area (Å²) in [6.45, 7) is 0. The second-order valence-electron chi connectivity index (χ2n) is 9.19. The van der Waals surface area contributed by atoms with Gasteiger partial charge in [0.15, 0.2) is 0 Å². The third-order valence-corrected chi connectivity index (χ3v) is 7.70. The normalized spacial score (nSPS) is 38.7. The molecule has 0 spiro atoms. The number of nitrogens with one attached hydrogen (secondary N) is 1. The van der Waals surface area contributed by atoms with E-state index in [1.54, 1.807) is 0 Å². The monoisotopic (exact) mass is 353 g/mol. The van der Waals surface area contributed by atoms with Crippen molar-refractivity contribution in [1.82, 2.24) is 5.32 Å². The van der Waals surface area contributed by atoms with Crippen LogP contribution in [0.1, 0.15) is 50.5 Å². The fraction of sp³-hybridized carbons (Fsp3) is 0.636. The van der Waals surface area contributed by atoms with E-state index >= 15 is 0 Å². The van der Waals surface area contributed by atoms with Gasteiger partial charge in [0, 0.05) is 6.04 Å². The van der Waals surface area contributed by atoms with Crippen LogP contribution in [0, 0.1) is 23.2 Å². The highest BCUT2D eigenvalue weighted by atomic mass is 16.5. The topological polar surface area (TPSA) is 55.4 Å². The summed E-state index contributed by atoms with van der Waals surface area (Å²) in [7, 11) is 1.51. The number of rotatable bonds is 4. The van der Waals surface area contributed by atoms with Crippen LogP contribution < -0.4 is 5.32 Å². The van der Waals surface area contributed by atoms with Gasteiger partial charge in [0.1, 0.15) is 0 Å². The lowest BCUT2D eigenvalue weighted by Crippen LogP contribution is -2.62. The molecule has 1 N–H and O–H groups in total. The van der Waals surface area contributed by atoms with Gasteiger partial charge in [0.2, 0.25) is 5.91 Å². The SMILES string of the molecule is COC(=O)C12CC3CC(C1)C(NC(=O)C1(c4ccccc4)CC1)C(C3)C2. The molecule has 4 heteroatoms. The molecule has 0 heterocycles. The molecule has 138 valence electrons. The van der Waals surface area contributed by atoms with Crippen LogP contribution in [-0.2, 0) is 19.7 Å². The zero-order valence-corrected chi connectivity index (χ0v) is 15.4. The van der Waals surface area contributed by atoms with Crippen molar-refractivity contribution in [3.05, 3.63) is 35.9 Å². The Morgan fingerprint density at radius 2 is 1.69 bits per heavy atom. The Balaban J connectivity index is 1.35. The number of hydrogen-bond acceptors (Lipinski definition) is 3. The Hall–Kier alpha value is -1.84. The first-order valence-electron chi connectivity index (χ1n) is 10.0. The van der Waals surface area contributed by atoms with Crippen molar-refractivity contribution in [3.8, 4) is 0 Å². The van der Waals surface area contributed by atoms with Crippen molar-refractivity contribution in [3.63, 3.8) is 0 Å². The van der Waals surface area contributed by atoms with Gasteiger partial charge in [0.25, 0.3) is 0 Å². The molecule has 2 unspecified atom stereocenters. The maximum Gasteiger partial charge on any atom is 0.311 e. The molecular formula is C22H27NO3. The smallest absolute Gasteiger partial charge is 0.311 e. The molecule has 0 saturated heterocycles. The molecule has 0 aliphatic heterocycles. The Kier molecular flexibility index (Phi) is 3.51. The third-order valence-electron chi connectivity index (χ3n) is 7.70. The third kappa shape index (κ3) is 2.27. The molecule has 0 aromatic heterocycles. The summed E-state index contributed by atoms with van der Waals surface area (Å²) in [6, 6.07) is 10.4. The first-order valence-corrected chi connectivity index (χ1v) is 10.0. The molecule has 6 rings (SSSR count). The van der Waals surface area contributed by atoms with E-state index in [1.165, 1.54) is 7.11 Å².